The molecule has 0 unspecified atom stereocenters. The number of aromatic nitrogens is 2. The summed E-state index contributed by atoms with van der Waals surface area (Å²) in [6.07, 6.45) is 5.69. The predicted molar refractivity (Wildman–Crippen MR) is 95.5 cm³/mol. The smallest absolute Gasteiger partial charge is 0.248 e. The van der Waals surface area contributed by atoms with Crippen LogP contribution in [0.1, 0.15) is 18.4 Å². The van der Waals surface area contributed by atoms with Gasteiger partial charge in [0.2, 0.25) is 5.91 Å². The van der Waals surface area contributed by atoms with Gasteiger partial charge < -0.3 is 10.6 Å². The molecule has 1 aromatic heterocycles. The molecule has 0 spiro atoms. The van der Waals surface area contributed by atoms with Crippen molar-refractivity contribution in [1.82, 2.24) is 20.4 Å². The van der Waals surface area contributed by atoms with Gasteiger partial charge in [-0.2, -0.15) is 5.10 Å². The molecule has 1 aliphatic rings. The maximum absolute atomic E-state index is 12.9. The van der Waals surface area contributed by atoms with Crippen molar-refractivity contribution in [1.29, 1.82) is 0 Å². The molecule has 2 N–H and O–H groups in total. The molecule has 1 fully saturated rings. The number of nitrogens with zero attached hydrogens (tertiary/aromatic N) is 2. The molecule has 1 aliphatic heterocycles. The summed E-state index contributed by atoms with van der Waals surface area (Å²) in [5, 5.41) is 11.9. The molecule has 1 saturated heterocycles. The fraction of sp³-hybridized carbons (Fsp3) is 0.412. The van der Waals surface area contributed by atoms with Crippen molar-refractivity contribution >= 4 is 29.1 Å². The van der Waals surface area contributed by atoms with Crippen LogP contribution in [0.15, 0.2) is 36.7 Å². The largest absolute Gasteiger partial charge is 0.354 e. The van der Waals surface area contributed by atoms with E-state index in [-0.39, 0.29) is 5.91 Å². The quantitative estimate of drug-likeness (QED) is 0.854. The van der Waals surface area contributed by atoms with Gasteiger partial charge in [0.25, 0.3) is 0 Å². The van der Waals surface area contributed by atoms with Crippen LogP contribution >= 0.6 is 23.2 Å². The van der Waals surface area contributed by atoms with Gasteiger partial charge in [-0.15, -0.1) is 0 Å². The third-order valence-electron chi connectivity index (χ3n) is 4.49. The van der Waals surface area contributed by atoms with Crippen LogP contribution in [0.2, 0.25) is 10.0 Å². The number of nitrogens with one attached hydrogen (secondary N) is 2. The lowest BCUT2D eigenvalue weighted by Gasteiger charge is -2.36. The number of benzene rings is 1. The highest BCUT2D eigenvalue weighted by atomic mass is 35.5. The Hall–Kier alpha value is -1.56. The van der Waals surface area contributed by atoms with Crippen LogP contribution in [0.5, 0.6) is 0 Å². The van der Waals surface area contributed by atoms with E-state index in [0.717, 1.165) is 31.5 Å². The Labute approximate surface area is 151 Å². The molecule has 2 heterocycles. The minimum atomic E-state index is -0.613. The monoisotopic (exact) mass is 366 g/mol. The second-order valence-electron chi connectivity index (χ2n) is 5.97. The van der Waals surface area contributed by atoms with E-state index >= 15 is 0 Å². The number of carbonyl (C=O) groups excluding carboxylic acids is 1. The molecule has 0 radical (unpaired) electrons. The molecule has 0 bridgehead atoms. The third-order valence-corrected chi connectivity index (χ3v) is 5.08. The van der Waals surface area contributed by atoms with Gasteiger partial charge in [0, 0.05) is 29.0 Å². The minimum Gasteiger partial charge on any atom is -0.354 e. The number of halogens is 2. The summed E-state index contributed by atoms with van der Waals surface area (Å²) in [5.41, 5.74) is 0.359. The summed E-state index contributed by atoms with van der Waals surface area (Å²) in [5.74, 6) is 0.0118. The SMILES string of the molecule is O=C(NCCc1ccc(Cl)cc1Cl)C1(n2cccn2)CCNCC1. The number of amides is 1. The summed E-state index contributed by atoms with van der Waals surface area (Å²) in [6, 6.07) is 7.27. The van der Waals surface area contributed by atoms with E-state index < -0.39 is 5.54 Å². The topological polar surface area (TPSA) is 59.0 Å². The number of rotatable bonds is 5. The molecule has 128 valence electrons. The summed E-state index contributed by atoms with van der Waals surface area (Å²) in [4.78, 5) is 12.9. The molecule has 0 atom stereocenters. The molecule has 2 aromatic rings. The highest BCUT2D eigenvalue weighted by molar-refractivity contribution is 6.35. The summed E-state index contributed by atoms with van der Waals surface area (Å²) in [6.45, 7) is 2.13. The maximum atomic E-state index is 12.9. The Morgan fingerprint density at radius 1 is 1.33 bits per heavy atom. The summed E-state index contributed by atoms with van der Waals surface area (Å²) in [7, 11) is 0. The van der Waals surface area contributed by atoms with E-state index in [0.29, 0.717) is 23.0 Å². The van der Waals surface area contributed by atoms with Crippen molar-refractivity contribution in [2.24, 2.45) is 0 Å². The zero-order valence-electron chi connectivity index (χ0n) is 13.3. The van der Waals surface area contributed by atoms with Gasteiger partial charge in [-0.25, -0.2) is 0 Å². The Bertz CT molecular complexity index is 697. The fourth-order valence-corrected chi connectivity index (χ4v) is 3.63. The second-order valence-corrected chi connectivity index (χ2v) is 6.82. The van der Waals surface area contributed by atoms with Crippen LogP contribution in [0, 0.1) is 0 Å². The van der Waals surface area contributed by atoms with Gasteiger partial charge in [0.1, 0.15) is 5.54 Å². The first-order valence-corrected chi connectivity index (χ1v) is 8.80. The van der Waals surface area contributed by atoms with Crippen molar-refractivity contribution < 1.29 is 4.79 Å². The summed E-state index contributed by atoms with van der Waals surface area (Å²) >= 11 is 12.1. The molecule has 24 heavy (non-hydrogen) atoms. The lowest BCUT2D eigenvalue weighted by atomic mass is 9.87. The van der Waals surface area contributed by atoms with Crippen molar-refractivity contribution in [3.8, 4) is 0 Å². The van der Waals surface area contributed by atoms with Crippen molar-refractivity contribution in [2.45, 2.75) is 24.8 Å². The van der Waals surface area contributed by atoms with Gasteiger partial charge in [-0.3, -0.25) is 9.48 Å². The highest BCUT2D eigenvalue weighted by Gasteiger charge is 2.41. The average Bonchev–Trinajstić information content (AvgIpc) is 3.12. The van der Waals surface area contributed by atoms with E-state index in [9.17, 15) is 4.79 Å². The van der Waals surface area contributed by atoms with Crippen LogP contribution in [0.4, 0.5) is 0 Å². The van der Waals surface area contributed by atoms with Crippen LogP contribution in [-0.4, -0.2) is 35.3 Å². The van der Waals surface area contributed by atoms with E-state index in [1.807, 2.05) is 24.4 Å². The number of piperidine rings is 1. The highest BCUT2D eigenvalue weighted by Crippen LogP contribution is 2.27. The third kappa shape index (κ3) is 3.58. The molecule has 0 saturated carbocycles. The molecule has 0 aliphatic carbocycles. The summed E-state index contributed by atoms with van der Waals surface area (Å²) < 4.78 is 1.79. The first kappa shape index (κ1) is 17.3. The van der Waals surface area contributed by atoms with E-state index in [4.69, 9.17) is 23.2 Å². The van der Waals surface area contributed by atoms with E-state index in [2.05, 4.69) is 15.7 Å². The Balaban J connectivity index is 1.66. The van der Waals surface area contributed by atoms with Crippen LogP contribution in [-0.2, 0) is 16.8 Å². The molecular formula is C17H20Cl2N4O. The first-order chi connectivity index (χ1) is 11.6. The molecule has 7 heteroatoms. The zero-order valence-corrected chi connectivity index (χ0v) is 14.8. The minimum absolute atomic E-state index is 0.0118. The van der Waals surface area contributed by atoms with Crippen molar-refractivity contribution in [3.05, 3.63) is 52.3 Å². The Kier molecular flexibility index (Phi) is 5.43. The molecular weight excluding hydrogens is 347 g/mol. The molecule has 1 aromatic carbocycles. The predicted octanol–water partition coefficient (Wildman–Crippen LogP) is 2.63. The second kappa shape index (κ2) is 7.55. The maximum Gasteiger partial charge on any atom is 0.248 e. The zero-order chi connectivity index (χ0) is 17.0. The fourth-order valence-electron chi connectivity index (χ4n) is 3.12. The average molecular weight is 367 g/mol. The lowest BCUT2D eigenvalue weighted by molar-refractivity contribution is -0.131. The molecule has 1 amide bonds. The number of hydrogen-bond donors (Lipinski definition) is 2. The van der Waals surface area contributed by atoms with Gasteiger partial charge in [0.15, 0.2) is 0 Å². The standard InChI is InChI=1S/C17H20Cl2N4O/c18-14-3-2-13(15(19)12-14)4-8-21-16(24)17(5-9-20-10-6-17)23-11-1-7-22-23/h1-3,7,11-12,20H,4-6,8-10H2,(H,21,24). The number of hydrogen-bond acceptors (Lipinski definition) is 3. The van der Waals surface area contributed by atoms with Gasteiger partial charge in [-0.1, -0.05) is 29.3 Å². The normalized spacial score (nSPS) is 16.8. The van der Waals surface area contributed by atoms with Crippen molar-refractivity contribution in [3.63, 3.8) is 0 Å². The van der Waals surface area contributed by atoms with E-state index in [1.54, 1.807) is 16.9 Å². The van der Waals surface area contributed by atoms with Crippen LogP contribution in [0.3, 0.4) is 0 Å². The lowest BCUT2D eigenvalue weighted by Crippen LogP contribution is -2.54. The van der Waals surface area contributed by atoms with Gasteiger partial charge in [-0.05, 0) is 56.1 Å². The molecule has 5 nitrogen and oxygen atoms in total. The number of carbonyl (C=O) groups is 1. The van der Waals surface area contributed by atoms with Gasteiger partial charge in [0.05, 0.1) is 0 Å². The van der Waals surface area contributed by atoms with Crippen LogP contribution < -0.4 is 10.6 Å². The Morgan fingerprint density at radius 3 is 2.79 bits per heavy atom. The first-order valence-electron chi connectivity index (χ1n) is 8.05. The van der Waals surface area contributed by atoms with Gasteiger partial charge >= 0.3 is 0 Å². The Morgan fingerprint density at radius 2 is 2.12 bits per heavy atom. The molecule has 3 rings (SSSR count). The van der Waals surface area contributed by atoms with E-state index in [1.165, 1.54) is 0 Å². The van der Waals surface area contributed by atoms with Crippen molar-refractivity contribution in [2.75, 3.05) is 19.6 Å². The van der Waals surface area contributed by atoms with Crippen LogP contribution in [0.25, 0.3) is 0 Å².